The molecule has 2 aromatic rings. The van der Waals surface area contributed by atoms with Crippen LogP contribution < -0.4 is 0 Å². The molecule has 0 spiro atoms. The van der Waals surface area contributed by atoms with E-state index in [1.54, 1.807) is 0 Å². The lowest BCUT2D eigenvalue weighted by Crippen LogP contribution is -2.17. The van der Waals surface area contributed by atoms with E-state index in [0.717, 1.165) is 11.1 Å². The standard InChI is InChI=1S/C18H22O3/c19-18(15-21-14-17-9-5-2-6-10-17)11-12-20-13-16-7-3-1-4-8-16/h1-10,18-19H,11-15H2/t18-/m1/s1. The maximum atomic E-state index is 9.82. The Labute approximate surface area is 126 Å². The van der Waals surface area contributed by atoms with Gasteiger partial charge in [0, 0.05) is 6.61 Å². The molecule has 2 aromatic carbocycles. The molecule has 0 saturated heterocycles. The molecule has 3 heteroatoms. The van der Waals surface area contributed by atoms with Crippen molar-refractivity contribution < 1.29 is 14.6 Å². The van der Waals surface area contributed by atoms with Gasteiger partial charge in [0.1, 0.15) is 0 Å². The fraction of sp³-hybridized carbons (Fsp3) is 0.333. The Balaban J connectivity index is 1.52. The molecule has 1 atom stereocenters. The Hall–Kier alpha value is -1.68. The van der Waals surface area contributed by atoms with Crippen LogP contribution in [0.1, 0.15) is 17.5 Å². The number of rotatable bonds is 9. The SMILES string of the molecule is O[C@H](CCOCc1ccccc1)COCc1ccccc1. The van der Waals surface area contributed by atoms with Crippen LogP contribution in [0.3, 0.4) is 0 Å². The molecule has 0 radical (unpaired) electrons. The van der Waals surface area contributed by atoms with Crippen molar-refractivity contribution in [1.29, 1.82) is 0 Å². The molecule has 112 valence electrons. The predicted molar refractivity (Wildman–Crippen MR) is 82.8 cm³/mol. The third-order valence-electron chi connectivity index (χ3n) is 3.13. The number of aliphatic hydroxyl groups is 1. The lowest BCUT2D eigenvalue weighted by Gasteiger charge is -2.11. The molecule has 2 rings (SSSR count). The minimum absolute atomic E-state index is 0.337. The lowest BCUT2D eigenvalue weighted by atomic mass is 10.2. The Kier molecular flexibility index (Phi) is 6.95. The van der Waals surface area contributed by atoms with Crippen LogP contribution in [0.5, 0.6) is 0 Å². The minimum Gasteiger partial charge on any atom is -0.391 e. The maximum absolute atomic E-state index is 9.82. The summed E-state index contributed by atoms with van der Waals surface area (Å²) in [7, 11) is 0. The van der Waals surface area contributed by atoms with E-state index in [2.05, 4.69) is 0 Å². The van der Waals surface area contributed by atoms with E-state index in [1.165, 1.54) is 0 Å². The fourth-order valence-corrected chi connectivity index (χ4v) is 1.95. The first-order chi connectivity index (χ1) is 10.3. The first-order valence-electron chi connectivity index (χ1n) is 7.26. The number of aliphatic hydroxyl groups excluding tert-OH is 1. The third kappa shape index (κ3) is 6.54. The van der Waals surface area contributed by atoms with E-state index in [1.807, 2.05) is 60.7 Å². The molecule has 1 N–H and O–H groups in total. The summed E-state index contributed by atoms with van der Waals surface area (Å²) in [5.41, 5.74) is 2.26. The summed E-state index contributed by atoms with van der Waals surface area (Å²) in [6, 6.07) is 20.0. The molecule has 0 aromatic heterocycles. The largest absolute Gasteiger partial charge is 0.391 e. The van der Waals surface area contributed by atoms with Gasteiger partial charge in [-0.3, -0.25) is 0 Å². The van der Waals surface area contributed by atoms with Crippen LogP contribution in [0.25, 0.3) is 0 Å². The van der Waals surface area contributed by atoms with Crippen LogP contribution in [-0.2, 0) is 22.7 Å². The summed E-state index contributed by atoms with van der Waals surface area (Å²) in [6.07, 6.45) is 0.103. The molecular weight excluding hydrogens is 264 g/mol. The van der Waals surface area contributed by atoms with Crippen molar-refractivity contribution in [2.75, 3.05) is 13.2 Å². The normalized spacial score (nSPS) is 12.2. The van der Waals surface area contributed by atoms with E-state index < -0.39 is 6.10 Å². The molecule has 0 amide bonds. The van der Waals surface area contributed by atoms with Gasteiger partial charge in [0.05, 0.1) is 25.9 Å². The van der Waals surface area contributed by atoms with Crippen LogP contribution in [0.4, 0.5) is 0 Å². The summed E-state index contributed by atoms with van der Waals surface area (Å²) in [4.78, 5) is 0. The van der Waals surface area contributed by atoms with Gasteiger partial charge < -0.3 is 14.6 Å². The molecule has 0 heterocycles. The van der Waals surface area contributed by atoms with E-state index in [9.17, 15) is 5.11 Å². The Morgan fingerprint density at radius 1 is 0.762 bits per heavy atom. The zero-order chi connectivity index (χ0) is 14.8. The highest BCUT2D eigenvalue weighted by Crippen LogP contribution is 2.04. The zero-order valence-corrected chi connectivity index (χ0v) is 12.2. The van der Waals surface area contributed by atoms with Gasteiger partial charge in [0.2, 0.25) is 0 Å². The summed E-state index contributed by atoms with van der Waals surface area (Å²) in [6.45, 7) is 1.98. The smallest absolute Gasteiger partial charge is 0.0795 e. The topological polar surface area (TPSA) is 38.7 Å². The van der Waals surface area contributed by atoms with Crippen molar-refractivity contribution in [2.24, 2.45) is 0 Å². The second-order valence-corrected chi connectivity index (χ2v) is 4.98. The predicted octanol–water partition coefficient (Wildman–Crippen LogP) is 3.17. The van der Waals surface area contributed by atoms with Crippen LogP contribution >= 0.6 is 0 Å². The second kappa shape index (κ2) is 9.29. The molecule has 0 aliphatic heterocycles. The molecule has 3 nitrogen and oxygen atoms in total. The van der Waals surface area contributed by atoms with Crippen molar-refractivity contribution in [1.82, 2.24) is 0 Å². The van der Waals surface area contributed by atoms with Crippen molar-refractivity contribution in [2.45, 2.75) is 25.7 Å². The summed E-state index contributed by atoms with van der Waals surface area (Å²) < 4.78 is 11.0. The summed E-state index contributed by atoms with van der Waals surface area (Å²) >= 11 is 0. The van der Waals surface area contributed by atoms with E-state index in [-0.39, 0.29) is 0 Å². The Morgan fingerprint density at radius 2 is 1.29 bits per heavy atom. The van der Waals surface area contributed by atoms with Gasteiger partial charge in [-0.1, -0.05) is 60.7 Å². The molecule has 0 bridgehead atoms. The van der Waals surface area contributed by atoms with Crippen molar-refractivity contribution in [3.63, 3.8) is 0 Å². The highest BCUT2D eigenvalue weighted by molar-refractivity contribution is 5.14. The third-order valence-corrected chi connectivity index (χ3v) is 3.13. The monoisotopic (exact) mass is 286 g/mol. The molecule has 0 aliphatic carbocycles. The Morgan fingerprint density at radius 3 is 1.86 bits per heavy atom. The van der Waals surface area contributed by atoms with Gasteiger partial charge >= 0.3 is 0 Å². The van der Waals surface area contributed by atoms with Crippen molar-refractivity contribution in [3.05, 3.63) is 71.8 Å². The van der Waals surface area contributed by atoms with Crippen LogP contribution in [0.15, 0.2) is 60.7 Å². The Bertz CT molecular complexity index is 484. The van der Waals surface area contributed by atoms with Crippen LogP contribution in [0, 0.1) is 0 Å². The van der Waals surface area contributed by atoms with Gasteiger partial charge in [0.15, 0.2) is 0 Å². The number of hydrogen-bond donors (Lipinski definition) is 1. The van der Waals surface area contributed by atoms with Gasteiger partial charge in [-0.15, -0.1) is 0 Å². The summed E-state index contributed by atoms with van der Waals surface area (Å²) in [5, 5.41) is 9.82. The number of hydrogen-bond acceptors (Lipinski definition) is 3. The fourth-order valence-electron chi connectivity index (χ4n) is 1.95. The first-order valence-corrected chi connectivity index (χ1v) is 7.26. The van der Waals surface area contributed by atoms with Gasteiger partial charge in [-0.2, -0.15) is 0 Å². The van der Waals surface area contributed by atoms with E-state index in [4.69, 9.17) is 9.47 Å². The summed E-state index contributed by atoms with van der Waals surface area (Å²) in [5.74, 6) is 0. The zero-order valence-electron chi connectivity index (χ0n) is 12.2. The van der Waals surface area contributed by atoms with Crippen molar-refractivity contribution >= 4 is 0 Å². The molecule has 0 unspecified atom stereocenters. The molecule has 0 saturated carbocycles. The minimum atomic E-state index is -0.482. The van der Waals surface area contributed by atoms with Crippen LogP contribution in [-0.4, -0.2) is 24.4 Å². The maximum Gasteiger partial charge on any atom is 0.0795 e. The highest BCUT2D eigenvalue weighted by atomic mass is 16.5. The van der Waals surface area contributed by atoms with Gasteiger partial charge in [0.25, 0.3) is 0 Å². The number of benzene rings is 2. The van der Waals surface area contributed by atoms with Crippen molar-refractivity contribution in [3.8, 4) is 0 Å². The van der Waals surface area contributed by atoms with E-state index >= 15 is 0 Å². The van der Waals surface area contributed by atoms with Crippen LogP contribution in [0.2, 0.25) is 0 Å². The lowest BCUT2D eigenvalue weighted by molar-refractivity contribution is 0.00522. The second-order valence-electron chi connectivity index (χ2n) is 4.98. The number of ether oxygens (including phenoxy) is 2. The quantitative estimate of drug-likeness (QED) is 0.720. The average Bonchev–Trinajstić information content (AvgIpc) is 2.54. The molecule has 21 heavy (non-hydrogen) atoms. The molecule has 0 fully saturated rings. The molecular formula is C18H22O3. The van der Waals surface area contributed by atoms with Gasteiger partial charge in [-0.25, -0.2) is 0 Å². The van der Waals surface area contributed by atoms with E-state index in [0.29, 0.717) is 32.8 Å². The highest BCUT2D eigenvalue weighted by Gasteiger charge is 2.04. The van der Waals surface area contributed by atoms with Gasteiger partial charge in [-0.05, 0) is 17.5 Å². The first kappa shape index (κ1) is 15.7. The molecule has 0 aliphatic rings. The average molecular weight is 286 g/mol.